The second-order valence-corrected chi connectivity index (χ2v) is 6.77. The van der Waals surface area contributed by atoms with Gasteiger partial charge in [-0.25, -0.2) is 0 Å². The van der Waals surface area contributed by atoms with Gasteiger partial charge in [-0.15, -0.1) is 0 Å². The molecule has 0 spiro atoms. The van der Waals surface area contributed by atoms with Crippen molar-refractivity contribution in [1.29, 1.82) is 0 Å². The molecule has 19 heavy (non-hydrogen) atoms. The van der Waals surface area contributed by atoms with Crippen LogP contribution in [0.2, 0.25) is 0 Å². The van der Waals surface area contributed by atoms with Gasteiger partial charge in [0.15, 0.2) is 0 Å². The molecule has 1 saturated heterocycles. The fourth-order valence-electron chi connectivity index (χ4n) is 3.60. The molecule has 2 fully saturated rings. The number of likely N-dealkylation sites (tertiary alicyclic amines) is 1. The molecule has 0 amide bonds. The molecule has 2 rings (SSSR count). The van der Waals surface area contributed by atoms with Crippen molar-refractivity contribution in [1.82, 2.24) is 9.80 Å². The van der Waals surface area contributed by atoms with E-state index in [1.807, 2.05) is 0 Å². The molecule has 0 aromatic carbocycles. The van der Waals surface area contributed by atoms with E-state index in [4.69, 9.17) is 0 Å². The summed E-state index contributed by atoms with van der Waals surface area (Å²) >= 11 is 0. The molecular weight excluding hydrogens is 236 g/mol. The second kappa shape index (κ2) is 7.39. The standard InChI is InChI=1S/C16H30N2O/c1-17(2)12-14-8-10-18(11-9-14)13-15-6-4-3-5-7-16(15)19/h14-15H,3-13H2,1-2H3. The van der Waals surface area contributed by atoms with E-state index in [9.17, 15) is 4.79 Å². The highest BCUT2D eigenvalue weighted by Crippen LogP contribution is 2.24. The largest absolute Gasteiger partial charge is 0.309 e. The van der Waals surface area contributed by atoms with E-state index < -0.39 is 0 Å². The lowest BCUT2D eigenvalue weighted by Crippen LogP contribution is -2.40. The molecule has 2 aliphatic rings. The molecule has 1 aliphatic heterocycles. The Morgan fingerprint density at radius 1 is 1.11 bits per heavy atom. The maximum absolute atomic E-state index is 12.1. The minimum absolute atomic E-state index is 0.341. The summed E-state index contributed by atoms with van der Waals surface area (Å²) in [6.07, 6.45) is 8.22. The number of carbonyl (C=O) groups excluding carboxylic acids is 1. The van der Waals surface area contributed by atoms with Crippen LogP contribution in [0.15, 0.2) is 0 Å². The van der Waals surface area contributed by atoms with E-state index >= 15 is 0 Å². The first kappa shape index (κ1) is 15.0. The number of nitrogens with zero attached hydrogens (tertiary/aromatic N) is 2. The minimum atomic E-state index is 0.341. The SMILES string of the molecule is CN(C)CC1CCN(CC2CCCCCC2=O)CC1. The van der Waals surface area contributed by atoms with Crippen LogP contribution in [0.1, 0.15) is 44.9 Å². The van der Waals surface area contributed by atoms with E-state index in [2.05, 4.69) is 23.9 Å². The van der Waals surface area contributed by atoms with E-state index in [1.165, 1.54) is 45.3 Å². The maximum atomic E-state index is 12.1. The fourth-order valence-corrected chi connectivity index (χ4v) is 3.60. The van der Waals surface area contributed by atoms with Crippen molar-refractivity contribution in [3.63, 3.8) is 0 Å². The van der Waals surface area contributed by atoms with E-state index in [0.717, 1.165) is 31.7 Å². The summed E-state index contributed by atoms with van der Waals surface area (Å²) in [4.78, 5) is 16.9. The summed E-state index contributed by atoms with van der Waals surface area (Å²) in [6.45, 7) is 4.65. The van der Waals surface area contributed by atoms with Crippen molar-refractivity contribution in [3.05, 3.63) is 0 Å². The first-order valence-electron chi connectivity index (χ1n) is 8.05. The summed E-state index contributed by atoms with van der Waals surface area (Å²) in [7, 11) is 4.33. The van der Waals surface area contributed by atoms with Gasteiger partial charge in [-0.1, -0.05) is 12.8 Å². The Bertz CT molecular complexity index is 282. The molecule has 3 nitrogen and oxygen atoms in total. The van der Waals surface area contributed by atoms with E-state index in [-0.39, 0.29) is 0 Å². The predicted octanol–water partition coefficient (Wildman–Crippen LogP) is 2.41. The van der Waals surface area contributed by atoms with Gasteiger partial charge in [0.1, 0.15) is 5.78 Å². The lowest BCUT2D eigenvalue weighted by molar-refractivity contribution is -0.123. The van der Waals surface area contributed by atoms with Crippen molar-refractivity contribution in [2.75, 3.05) is 40.3 Å². The molecule has 3 heteroatoms. The third-order valence-electron chi connectivity index (χ3n) is 4.74. The van der Waals surface area contributed by atoms with Crippen molar-refractivity contribution < 1.29 is 4.79 Å². The zero-order valence-corrected chi connectivity index (χ0v) is 12.7. The zero-order chi connectivity index (χ0) is 13.7. The van der Waals surface area contributed by atoms with Crippen molar-refractivity contribution in [3.8, 4) is 0 Å². The quantitative estimate of drug-likeness (QED) is 0.730. The van der Waals surface area contributed by atoms with E-state index in [0.29, 0.717) is 11.7 Å². The third-order valence-corrected chi connectivity index (χ3v) is 4.74. The normalized spacial score (nSPS) is 27.7. The van der Waals surface area contributed by atoms with Gasteiger partial charge in [0.2, 0.25) is 0 Å². The number of hydrogen-bond donors (Lipinski definition) is 0. The van der Waals surface area contributed by atoms with Crippen molar-refractivity contribution in [2.45, 2.75) is 44.9 Å². The van der Waals surface area contributed by atoms with Crippen LogP contribution in [0.25, 0.3) is 0 Å². The van der Waals surface area contributed by atoms with Gasteiger partial charge < -0.3 is 9.80 Å². The highest BCUT2D eigenvalue weighted by molar-refractivity contribution is 5.81. The van der Waals surface area contributed by atoms with Crippen LogP contribution in [-0.4, -0.2) is 55.9 Å². The summed E-state index contributed by atoms with van der Waals surface area (Å²) in [5.74, 6) is 1.73. The van der Waals surface area contributed by atoms with Crippen LogP contribution in [0.5, 0.6) is 0 Å². The van der Waals surface area contributed by atoms with Crippen LogP contribution in [0, 0.1) is 11.8 Å². The average molecular weight is 266 g/mol. The molecule has 1 saturated carbocycles. The van der Waals surface area contributed by atoms with Crippen molar-refractivity contribution in [2.24, 2.45) is 11.8 Å². The maximum Gasteiger partial charge on any atom is 0.137 e. The molecule has 110 valence electrons. The average Bonchev–Trinajstić information content (AvgIpc) is 2.57. The first-order valence-corrected chi connectivity index (χ1v) is 8.05. The monoisotopic (exact) mass is 266 g/mol. The summed E-state index contributed by atoms with van der Waals surface area (Å²) in [5.41, 5.74) is 0. The molecule has 0 radical (unpaired) electrons. The predicted molar refractivity (Wildman–Crippen MR) is 79.3 cm³/mol. The molecule has 0 aromatic heterocycles. The molecule has 1 unspecified atom stereocenters. The summed E-state index contributed by atoms with van der Waals surface area (Å²) in [6, 6.07) is 0. The van der Waals surface area contributed by atoms with Gasteiger partial charge in [0, 0.05) is 25.4 Å². The molecule has 0 aromatic rings. The molecule has 1 aliphatic carbocycles. The number of rotatable bonds is 4. The highest BCUT2D eigenvalue weighted by Gasteiger charge is 2.26. The first-order chi connectivity index (χ1) is 9.15. The van der Waals surface area contributed by atoms with Gasteiger partial charge in [-0.05, 0) is 58.8 Å². The smallest absolute Gasteiger partial charge is 0.137 e. The number of Topliss-reactive ketones (excluding diaryl/α,β-unsaturated/α-hetero) is 1. The van der Waals surface area contributed by atoms with Gasteiger partial charge in [-0.3, -0.25) is 4.79 Å². The second-order valence-electron chi connectivity index (χ2n) is 6.77. The minimum Gasteiger partial charge on any atom is -0.309 e. The molecule has 1 atom stereocenters. The number of carbonyl (C=O) groups is 1. The van der Waals surface area contributed by atoms with Crippen LogP contribution in [0.3, 0.4) is 0 Å². The van der Waals surface area contributed by atoms with Crippen LogP contribution in [-0.2, 0) is 4.79 Å². The summed E-state index contributed by atoms with van der Waals surface area (Å²) in [5, 5.41) is 0. The van der Waals surface area contributed by atoms with Crippen LogP contribution in [0.4, 0.5) is 0 Å². The fraction of sp³-hybridized carbons (Fsp3) is 0.938. The number of piperidine rings is 1. The van der Waals surface area contributed by atoms with Gasteiger partial charge in [-0.2, -0.15) is 0 Å². The lowest BCUT2D eigenvalue weighted by atomic mass is 9.93. The Morgan fingerprint density at radius 2 is 1.84 bits per heavy atom. The highest BCUT2D eigenvalue weighted by atomic mass is 16.1. The molecule has 0 bridgehead atoms. The van der Waals surface area contributed by atoms with Gasteiger partial charge in [0.05, 0.1) is 0 Å². The zero-order valence-electron chi connectivity index (χ0n) is 12.7. The lowest BCUT2D eigenvalue weighted by Gasteiger charge is -2.34. The number of ketones is 1. The summed E-state index contributed by atoms with van der Waals surface area (Å²) < 4.78 is 0. The Kier molecular flexibility index (Phi) is 5.83. The number of hydrogen-bond acceptors (Lipinski definition) is 3. The Hall–Kier alpha value is -0.410. The topological polar surface area (TPSA) is 23.6 Å². The molecule has 1 heterocycles. The van der Waals surface area contributed by atoms with Gasteiger partial charge in [0.25, 0.3) is 0 Å². The Labute approximate surface area is 118 Å². The van der Waals surface area contributed by atoms with Gasteiger partial charge >= 0.3 is 0 Å². The van der Waals surface area contributed by atoms with Crippen LogP contribution >= 0.6 is 0 Å². The molecular formula is C16H30N2O. The van der Waals surface area contributed by atoms with Crippen molar-refractivity contribution >= 4 is 5.78 Å². The third kappa shape index (κ3) is 4.88. The Morgan fingerprint density at radius 3 is 2.53 bits per heavy atom. The molecule has 0 N–H and O–H groups in total. The Balaban J connectivity index is 1.73. The van der Waals surface area contributed by atoms with E-state index in [1.54, 1.807) is 0 Å². The van der Waals surface area contributed by atoms with Crippen LogP contribution < -0.4 is 0 Å².